The summed E-state index contributed by atoms with van der Waals surface area (Å²) in [7, 11) is 1.96. The number of nitrogens with one attached hydrogen (secondary N) is 1. The van der Waals surface area contributed by atoms with Gasteiger partial charge in [0.1, 0.15) is 5.01 Å². The molecule has 0 radical (unpaired) electrons. The van der Waals surface area contributed by atoms with Gasteiger partial charge in [0.25, 0.3) is 0 Å². The third kappa shape index (κ3) is 3.84. The third-order valence-corrected chi connectivity index (χ3v) is 5.96. The zero-order valence-corrected chi connectivity index (χ0v) is 16.2. The van der Waals surface area contributed by atoms with Crippen LogP contribution in [0.2, 0.25) is 0 Å². The molecule has 27 heavy (non-hydrogen) atoms. The maximum Gasteiger partial charge on any atom is 0.238 e. The van der Waals surface area contributed by atoms with Crippen LogP contribution in [0, 0.1) is 0 Å². The number of aromatic nitrogens is 1. The monoisotopic (exact) mass is 375 g/mol. The van der Waals surface area contributed by atoms with Gasteiger partial charge in [0.15, 0.2) is 0 Å². The average molecular weight is 375 g/mol. The van der Waals surface area contributed by atoms with E-state index >= 15 is 0 Å². The quantitative estimate of drug-likeness (QED) is 0.529. The Labute approximate surface area is 162 Å². The van der Waals surface area contributed by atoms with Gasteiger partial charge in [0.2, 0.25) is 5.91 Å². The molecule has 1 heterocycles. The number of fused-ring (bicyclic) bond motifs is 2. The third-order valence-electron chi connectivity index (χ3n) is 4.76. The highest BCUT2D eigenvalue weighted by molar-refractivity contribution is 7.18. The van der Waals surface area contributed by atoms with Crippen molar-refractivity contribution in [3.05, 3.63) is 71.7 Å². The van der Waals surface area contributed by atoms with Crippen LogP contribution in [0.1, 0.15) is 18.0 Å². The Morgan fingerprint density at radius 1 is 1.07 bits per heavy atom. The van der Waals surface area contributed by atoms with E-state index in [1.807, 2.05) is 66.5 Å². The smallest absolute Gasteiger partial charge is 0.238 e. The van der Waals surface area contributed by atoms with Crippen LogP contribution in [0.5, 0.6) is 0 Å². The molecule has 3 aromatic carbocycles. The van der Waals surface area contributed by atoms with Gasteiger partial charge in [0, 0.05) is 5.69 Å². The number of para-hydroxylation sites is 1. The van der Waals surface area contributed by atoms with Gasteiger partial charge in [-0.1, -0.05) is 42.5 Å². The van der Waals surface area contributed by atoms with E-state index in [-0.39, 0.29) is 11.9 Å². The second-order valence-corrected chi connectivity index (χ2v) is 7.78. The fourth-order valence-electron chi connectivity index (χ4n) is 3.09. The number of nitrogens with zero attached hydrogens (tertiary/aromatic N) is 2. The molecule has 0 aliphatic rings. The average Bonchev–Trinajstić information content (AvgIpc) is 3.11. The summed E-state index contributed by atoms with van der Waals surface area (Å²) >= 11 is 1.68. The first-order valence-electron chi connectivity index (χ1n) is 8.94. The van der Waals surface area contributed by atoms with Crippen molar-refractivity contribution in [1.29, 1.82) is 0 Å². The zero-order chi connectivity index (χ0) is 18.8. The normalized spacial score (nSPS) is 12.6. The number of anilines is 1. The number of hydrogen-bond acceptors (Lipinski definition) is 4. The lowest BCUT2D eigenvalue weighted by Gasteiger charge is -2.22. The molecule has 0 saturated heterocycles. The Hall–Kier alpha value is -2.76. The van der Waals surface area contributed by atoms with E-state index in [0.717, 1.165) is 27.0 Å². The molecular weight excluding hydrogens is 354 g/mol. The van der Waals surface area contributed by atoms with Crippen molar-refractivity contribution in [2.45, 2.75) is 13.0 Å². The number of likely N-dealkylation sites (N-methyl/N-ethyl adjacent to an activating group) is 1. The van der Waals surface area contributed by atoms with Crippen LogP contribution in [-0.2, 0) is 4.79 Å². The molecule has 0 aliphatic carbocycles. The van der Waals surface area contributed by atoms with Gasteiger partial charge in [-0.25, -0.2) is 4.98 Å². The van der Waals surface area contributed by atoms with Crippen molar-refractivity contribution in [2.75, 3.05) is 18.9 Å². The van der Waals surface area contributed by atoms with Crippen molar-refractivity contribution in [3.63, 3.8) is 0 Å². The number of benzene rings is 3. The molecule has 4 nitrogen and oxygen atoms in total. The Bertz CT molecular complexity index is 1070. The predicted octanol–water partition coefficient (Wildman–Crippen LogP) is 5.08. The van der Waals surface area contributed by atoms with E-state index in [1.54, 1.807) is 11.3 Å². The van der Waals surface area contributed by atoms with Crippen molar-refractivity contribution >= 4 is 43.9 Å². The van der Waals surface area contributed by atoms with Crippen LogP contribution in [0.15, 0.2) is 66.7 Å². The first-order chi connectivity index (χ1) is 13.1. The van der Waals surface area contributed by atoms with Crippen molar-refractivity contribution in [1.82, 2.24) is 9.88 Å². The van der Waals surface area contributed by atoms with Crippen LogP contribution in [0.3, 0.4) is 0 Å². The minimum atomic E-state index is -0.0271. The second kappa shape index (κ2) is 7.47. The number of carbonyl (C=O) groups excluding carboxylic acids is 1. The maximum absolute atomic E-state index is 12.5. The Kier molecular flexibility index (Phi) is 4.88. The van der Waals surface area contributed by atoms with Crippen LogP contribution >= 0.6 is 11.3 Å². The summed E-state index contributed by atoms with van der Waals surface area (Å²) in [4.78, 5) is 19.2. The Morgan fingerprint density at radius 3 is 2.63 bits per heavy atom. The van der Waals surface area contributed by atoms with Crippen LogP contribution < -0.4 is 5.32 Å². The van der Waals surface area contributed by atoms with Crippen molar-refractivity contribution in [2.24, 2.45) is 0 Å². The molecule has 5 heteroatoms. The Balaban J connectivity index is 1.43. The molecule has 1 aromatic heterocycles. The summed E-state index contributed by atoms with van der Waals surface area (Å²) in [6.07, 6.45) is 0. The highest BCUT2D eigenvalue weighted by Crippen LogP contribution is 2.28. The summed E-state index contributed by atoms with van der Waals surface area (Å²) < 4.78 is 1.17. The zero-order valence-electron chi connectivity index (χ0n) is 15.3. The SMILES string of the molecule is C[C@@H](c1nc2ccccc2s1)N(C)CC(=O)Nc1ccc2ccccc2c1. The fraction of sp³-hybridized carbons (Fsp3) is 0.182. The fourth-order valence-corrected chi connectivity index (χ4v) is 4.17. The maximum atomic E-state index is 12.5. The predicted molar refractivity (Wildman–Crippen MR) is 113 cm³/mol. The van der Waals surface area contributed by atoms with Gasteiger partial charge in [0.05, 0.1) is 22.8 Å². The first-order valence-corrected chi connectivity index (χ1v) is 9.76. The van der Waals surface area contributed by atoms with E-state index in [9.17, 15) is 4.79 Å². The van der Waals surface area contributed by atoms with Crippen LogP contribution in [0.25, 0.3) is 21.0 Å². The number of rotatable bonds is 5. The molecular formula is C22H21N3OS. The molecule has 1 amide bonds. The molecule has 0 unspecified atom stereocenters. The van der Waals surface area contributed by atoms with E-state index in [1.165, 1.54) is 4.70 Å². The summed E-state index contributed by atoms with van der Waals surface area (Å²) in [5, 5.41) is 6.31. The Morgan fingerprint density at radius 2 is 1.81 bits per heavy atom. The molecule has 1 atom stereocenters. The second-order valence-electron chi connectivity index (χ2n) is 6.72. The molecule has 0 saturated carbocycles. The number of thiazole rings is 1. The van der Waals surface area contributed by atoms with Gasteiger partial charge >= 0.3 is 0 Å². The summed E-state index contributed by atoms with van der Waals surface area (Å²) in [5.41, 5.74) is 1.83. The number of amides is 1. The topological polar surface area (TPSA) is 45.2 Å². The van der Waals surface area contributed by atoms with Crippen LogP contribution in [-0.4, -0.2) is 29.4 Å². The van der Waals surface area contributed by atoms with Crippen molar-refractivity contribution in [3.8, 4) is 0 Å². The van der Waals surface area contributed by atoms with Gasteiger partial charge in [-0.2, -0.15) is 0 Å². The van der Waals surface area contributed by atoms with E-state index in [2.05, 4.69) is 24.4 Å². The first kappa shape index (κ1) is 17.6. The van der Waals surface area contributed by atoms with Crippen LogP contribution in [0.4, 0.5) is 5.69 Å². The van der Waals surface area contributed by atoms with E-state index in [4.69, 9.17) is 4.98 Å². The van der Waals surface area contributed by atoms with E-state index < -0.39 is 0 Å². The largest absolute Gasteiger partial charge is 0.325 e. The minimum absolute atomic E-state index is 0.0271. The highest BCUT2D eigenvalue weighted by Gasteiger charge is 2.18. The molecule has 0 spiro atoms. The van der Waals surface area contributed by atoms with E-state index in [0.29, 0.717) is 6.54 Å². The lowest BCUT2D eigenvalue weighted by molar-refractivity contribution is -0.117. The summed E-state index contributed by atoms with van der Waals surface area (Å²) in [6.45, 7) is 2.39. The minimum Gasteiger partial charge on any atom is -0.325 e. The molecule has 136 valence electrons. The van der Waals surface area contributed by atoms with Crippen molar-refractivity contribution < 1.29 is 4.79 Å². The van der Waals surface area contributed by atoms with Gasteiger partial charge in [-0.15, -0.1) is 11.3 Å². The van der Waals surface area contributed by atoms with Gasteiger partial charge in [-0.05, 0) is 49.0 Å². The molecule has 0 bridgehead atoms. The molecule has 0 fully saturated rings. The lowest BCUT2D eigenvalue weighted by Crippen LogP contribution is -2.32. The number of carbonyl (C=O) groups is 1. The summed E-state index contributed by atoms with van der Waals surface area (Å²) in [5.74, 6) is -0.0271. The molecule has 1 N–H and O–H groups in total. The van der Waals surface area contributed by atoms with Gasteiger partial charge < -0.3 is 5.32 Å². The van der Waals surface area contributed by atoms with Gasteiger partial charge in [-0.3, -0.25) is 9.69 Å². The molecule has 4 rings (SSSR count). The standard InChI is InChI=1S/C22H21N3OS/c1-15(22-24-19-9-5-6-10-20(19)27-22)25(2)14-21(26)23-18-12-11-16-7-3-4-8-17(16)13-18/h3-13,15H,14H2,1-2H3,(H,23,26)/t15-/m0/s1. The highest BCUT2D eigenvalue weighted by atomic mass is 32.1. The summed E-state index contributed by atoms with van der Waals surface area (Å²) in [6, 6.07) is 22.3. The molecule has 4 aromatic rings. The number of hydrogen-bond donors (Lipinski definition) is 1. The molecule has 0 aliphatic heterocycles. The lowest BCUT2D eigenvalue weighted by atomic mass is 10.1.